The number of benzene rings is 2. The van der Waals surface area contributed by atoms with Gasteiger partial charge in [0, 0.05) is 35.3 Å². The van der Waals surface area contributed by atoms with Gasteiger partial charge in [-0.3, -0.25) is 9.59 Å². The van der Waals surface area contributed by atoms with Gasteiger partial charge in [0.15, 0.2) is 0 Å². The van der Waals surface area contributed by atoms with Crippen LogP contribution in [-0.4, -0.2) is 29.8 Å². The summed E-state index contributed by atoms with van der Waals surface area (Å²) in [5, 5.41) is 3.84. The minimum atomic E-state index is -0.352. The predicted octanol–water partition coefficient (Wildman–Crippen LogP) is 6.59. The van der Waals surface area contributed by atoms with Gasteiger partial charge < -0.3 is 14.6 Å². The fourth-order valence-electron chi connectivity index (χ4n) is 3.84. The highest BCUT2D eigenvalue weighted by atomic mass is 35.5. The Labute approximate surface area is 209 Å². The highest BCUT2D eigenvalue weighted by Gasteiger charge is 2.25. The molecule has 7 heteroatoms. The number of amides is 2. The number of piperidine rings is 1. The maximum Gasteiger partial charge on any atom is 0.270 e. The van der Waals surface area contributed by atoms with Crippen molar-refractivity contribution in [3.05, 3.63) is 87.2 Å². The summed E-state index contributed by atoms with van der Waals surface area (Å²) in [5.41, 5.74) is 2.34. The van der Waals surface area contributed by atoms with E-state index in [-0.39, 0.29) is 17.5 Å². The number of halogens is 2. The van der Waals surface area contributed by atoms with Crippen LogP contribution in [0.3, 0.4) is 0 Å². The van der Waals surface area contributed by atoms with Crippen LogP contribution in [0.2, 0.25) is 10.0 Å². The first-order valence-electron chi connectivity index (χ1n) is 11.2. The Bertz CT molecular complexity index is 1220. The Morgan fingerprint density at radius 2 is 1.74 bits per heavy atom. The molecule has 34 heavy (non-hydrogen) atoms. The fourth-order valence-corrected chi connectivity index (χ4v) is 4.22. The Morgan fingerprint density at radius 3 is 2.44 bits per heavy atom. The molecule has 0 atom stereocenters. The number of carbonyl (C=O) groups is 2. The Kier molecular flexibility index (Phi) is 7.44. The average Bonchev–Trinajstić information content (AvgIpc) is 3.29. The first-order chi connectivity index (χ1) is 16.3. The van der Waals surface area contributed by atoms with Gasteiger partial charge in [-0.05, 0) is 68.1 Å². The summed E-state index contributed by atoms with van der Waals surface area (Å²) in [6.45, 7) is 5.44. The van der Waals surface area contributed by atoms with Crippen molar-refractivity contribution in [2.24, 2.45) is 5.92 Å². The maximum atomic E-state index is 13.4. The molecule has 0 spiro atoms. The molecule has 1 saturated heterocycles. The molecule has 0 aliphatic carbocycles. The molecule has 1 aromatic heterocycles. The van der Waals surface area contributed by atoms with Gasteiger partial charge in [0.05, 0.1) is 5.02 Å². The number of nitrogens with one attached hydrogen (secondary N) is 1. The lowest BCUT2D eigenvalue weighted by atomic mass is 9.99. The highest BCUT2D eigenvalue weighted by Crippen LogP contribution is 2.32. The first-order valence-corrected chi connectivity index (χ1v) is 12.0. The molecule has 1 aliphatic rings. The van der Waals surface area contributed by atoms with Crippen LogP contribution in [0, 0.1) is 12.8 Å². The summed E-state index contributed by atoms with van der Waals surface area (Å²) in [6.07, 6.45) is 3.43. The van der Waals surface area contributed by atoms with Crippen molar-refractivity contribution in [3.8, 4) is 11.3 Å². The zero-order chi connectivity index (χ0) is 24.2. The highest BCUT2D eigenvalue weighted by molar-refractivity contribution is 6.35. The van der Waals surface area contributed by atoms with Gasteiger partial charge in [-0.15, -0.1) is 0 Å². The number of rotatable bonds is 5. The maximum absolute atomic E-state index is 13.4. The van der Waals surface area contributed by atoms with Crippen molar-refractivity contribution in [1.82, 2.24) is 10.2 Å². The van der Waals surface area contributed by atoms with E-state index >= 15 is 0 Å². The molecule has 5 nitrogen and oxygen atoms in total. The Morgan fingerprint density at radius 1 is 1.03 bits per heavy atom. The molecule has 2 heterocycles. The second kappa shape index (κ2) is 10.5. The summed E-state index contributed by atoms with van der Waals surface area (Å²) in [7, 11) is 0. The molecule has 0 saturated carbocycles. The van der Waals surface area contributed by atoms with Gasteiger partial charge in [0.25, 0.3) is 11.8 Å². The molecule has 0 radical (unpaired) electrons. The van der Waals surface area contributed by atoms with Gasteiger partial charge in [0.2, 0.25) is 0 Å². The summed E-state index contributed by atoms with van der Waals surface area (Å²) in [6, 6.07) is 15.8. The summed E-state index contributed by atoms with van der Waals surface area (Å²) in [4.78, 5) is 28.1. The van der Waals surface area contributed by atoms with E-state index < -0.39 is 0 Å². The largest absolute Gasteiger partial charge is 0.457 e. The van der Waals surface area contributed by atoms with Gasteiger partial charge >= 0.3 is 0 Å². The van der Waals surface area contributed by atoms with Crippen molar-refractivity contribution < 1.29 is 14.0 Å². The first kappa shape index (κ1) is 24.1. The van der Waals surface area contributed by atoms with Crippen molar-refractivity contribution in [3.63, 3.8) is 0 Å². The molecule has 4 rings (SSSR count). The summed E-state index contributed by atoms with van der Waals surface area (Å²) >= 11 is 12.4. The second-order valence-electron chi connectivity index (χ2n) is 8.68. The number of likely N-dealkylation sites (tertiary alicyclic amines) is 1. The zero-order valence-corrected chi connectivity index (χ0v) is 20.6. The van der Waals surface area contributed by atoms with Crippen molar-refractivity contribution in [2.45, 2.75) is 26.7 Å². The number of hydrogen-bond acceptors (Lipinski definition) is 3. The molecule has 2 aromatic carbocycles. The average molecular weight is 497 g/mol. The van der Waals surface area contributed by atoms with Gasteiger partial charge in [-0.1, -0.05) is 47.8 Å². The van der Waals surface area contributed by atoms with Crippen molar-refractivity contribution in [2.75, 3.05) is 13.1 Å². The summed E-state index contributed by atoms with van der Waals surface area (Å²) < 4.78 is 5.95. The van der Waals surface area contributed by atoms with Crippen molar-refractivity contribution >= 4 is 41.1 Å². The van der Waals surface area contributed by atoms with E-state index in [1.54, 1.807) is 53.4 Å². The topological polar surface area (TPSA) is 62.6 Å². The minimum Gasteiger partial charge on any atom is -0.457 e. The van der Waals surface area contributed by atoms with Crippen LogP contribution in [-0.2, 0) is 4.79 Å². The second-order valence-corrected chi connectivity index (χ2v) is 9.52. The lowest BCUT2D eigenvalue weighted by Crippen LogP contribution is -2.42. The predicted molar refractivity (Wildman–Crippen MR) is 136 cm³/mol. The number of aryl methyl sites for hydroxylation is 1. The monoisotopic (exact) mass is 496 g/mol. The van der Waals surface area contributed by atoms with Crippen molar-refractivity contribution in [1.29, 1.82) is 0 Å². The fraction of sp³-hybridized carbons (Fsp3) is 0.259. The Hall–Kier alpha value is -3.02. The molecule has 2 amide bonds. The molecular formula is C27H26Cl2N2O3. The van der Waals surface area contributed by atoms with Crippen LogP contribution in [0.15, 0.2) is 64.7 Å². The molecular weight excluding hydrogens is 471 g/mol. The van der Waals surface area contributed by atoms with E-state index in [2.05, 4.69) is 12.2 Å². The lowest BCUT2D eigenvalue weighted by molar-refractivity contribution is -0.128. The molecule has 0 bridgehead atoms. The van der Waals surface area contributed by atoms with Crippen LogP contribution in [0.1, 0.15) is 41.4 Å². The lowest BCUT2D eigenvalue weighted by Gasteiger charge is -2.31. The van der Waals surface area contributed by atoms with Gasteiger partial charge in [-0.25, -0.2) is 0 Å². The Balaban J connectivity index is 1.64. The SMILES string of the molecule is Cc1ccc(C(=O)N/C(=C\c2ccc(-c3cc(Cl)ccc3Cl)o2)C(=O)N2CCC(C)CC2)cc1. The third-order valence-electron chi connectivity index (χ3n) is 5.97. The van der Waals surface area contributed by atoms with Crippen LogP contribution >= 0.6 is 23.2 Å². The van der Waals surface area contributed by atoms with Gasteiger partial charge in [-0.2, -0.15) is 0 Å². The van der Waals surface area contributed by atoms with Gasteiger partial charge in [0.1, 0.15) is 17.2 Å². The number of nitrogens with zero attached hydrogens (tertiary/aromatic N) is 1. The molecule has 1 aliphatic heterocycles. The van der Waals surface area contributed by atoms with E-state index in [1.807, 2.05) is 19.1 Å². The third-order valence-corrected chi connectivity index (χ3v) is 6.54. The van der Waals surface area contributed by atoms with E-state index in [0.717, 1.165) is 18.4 Å². The third kappa shape index (κ3) is 5.72. The van der Waals surface area contributed by atoms with Crippen LogP contribution in [0.25, 0.3) is 17.4 Å². The van der Waals surface area contributed by atoms with E-state index in [4.69, 9.17) is 27.6 Å². The zero-order valence-electron chi connectivity index (χ0n) is 19.1. The van der Waals surface area contributed by atoms with E-state index in [1.165, 1.54) is 0 Å². The molecule has 176 valence electrons. The minimum absolute atomic E-state index is 0.165. The molecule has 1 N–H and O–H groups in total. The molecule has 1 fully saturated rings. The quantitative estimate of drug-likeness (QED) is 0.405. The molecule has 0 unspecified atom stereocenters. The molecule has 3 aromatic rings. The number of hydrogen-bond donors (Lipinski definition) is 1. The van der Waals surface area contributed by atoms with E-state index in [0.29, 0.717) is 51.7 Å². The summed E-state index contributed by atoms with van der Waals surface area (Å²) in [5.74, 6) is 0.931. The van der Waals surface area contributed by atoms with E-state index in [9.17, 15) is 9.59 Å². The standard InChI is InChI=1S/C27H26Cl2N2O3/c1-17-3-5-19(6-4-17)26(32)30-24(27(33)31-13-11-18(2)12-14-31)16-21-8-10-25(34-21)22-15-20(28)7-9-23(22)29/h3-10,15-16,18H,11-14H2,1-2H3,(H,30,32)/b24-16-. The number of furan rings is 1. The smallest absolute Gasteiger partial charge is 0.270 e. The van der Waals surface area contributed by atoms with Crippen LogP contribution in [0.4, 0.5) is 0 Å². The normalized spacial score (nSPS) is 14.8. The van der Waals surface area contributed by atoms with Crippen LogP contribution in [0.5, 0.6) is 0 Å². The number of carbonyl (C=O) groups excluding carboxylic acids is 2. The van der Waals surface area contributed by atoms with Crippen LogP contribution < -0.4 is 5.32 Å².